The van der Waals surface area contributed by atoms with E-state index in [0.717, 1.165) is 5.69 Å². The van der Waals surface area contributed by atoms with Crippen molar-refractivity contribution in [2.75, 3.05) is 18.0 Å². The van der Waals surface area contributed by atoms with Crippen LogP contribution in [0.25, 0.3) is 0 Å². The number of nitrogens with zero attached hydrogens (tertiary/aromatic N) is 1. The van der Waals surface area contributed by atoms with Crippen LogP contribution in [0.15, 0.2) is 18.2 Å². The predicted octanol–water partition coefficient (Wildman–Crippen LogP) is 1.05. The van der Waals surface area contributed by atoms with Gasteiger partial charge in [0.05, 0.1) is 12.1 Å². The Morgan fingerprint density at radius 1 is 1.36 bits per heavy atom. The smallest absolute Gasteiger partial charge is 0.394 e. The summed E-state index contributed by atoms with van der Waals surface area (Å²) in [6.45, 7) is 2.86. The molecule has 7 heteroatoms. The summed E-state index contributed by atoms with van der Waals surface area (Å²) in [6, 6.07) is 3.61. The molecule has 0 radical (unpaired) electrons. The maximum absolute atomic E-state index is 13.5. The van der Waals surface area contributed by atoms with Crippen molar-refractivity contribution >= 4 is 17.6 Å². The van der Waals surface area contributed by atoms with Gasteiger partial charge in [-0.15, -0.1) is 0 Å². The summed E-state index contributed by atoms with van der Waals surface area (Å²) < 4.78 is 13.5. The molecular weight excluding hydrogens is 291 g/mol. The highest BCUT2D eigenvalue weighted by atomic mass is 19.1. The van der Waals surface area contributed by atoms with E-state index in [1.54, 1.807) is 13.0 Å². The minimum absolute atomic E-state index is 0.329. The topological polar surface area (TPSA) is 89.9 Å². The first kappa shape index (κ1) is 16.2. The number of carboxylic acid groups (broad SMARTS) is 1. The summed E-state index contributed by atoms with van der Waals surface area (Å²) in [7, 11) is 0. The molecule has 1 heterocycles. The van der Waals surface area contributed by atoms with Gasteiger partial charge in [-0.25, -0.2) is 9.18 Å². The molecule has 1 aromatic rings. The van der Waals surface area contributed by atoms with Crippen LogP contribution in [0.3, 0.4) is 0 Å². The maximum atomic E-state index is 13.5. The van der Waals surface area contributed by atoms with Gasteiger partial charge in [0.15, 0.2) is 0 Å². The number of rotatable bonds is 3. The molecule has 0 aromatic heterocycles. The lowest BCUT2D eigenvalue weighted by atomic mass is 10.0. The van der Waals surface area contributed by atoms with Crippen LogP contribution in [0, 0.1) is 5.82 Å². The summed E-state index contributed by atoms with van der Waals surface area (Å²) in [5.41, 5.74) is 1.26. The number of aliphatic hydroxyl groups excluding tert-OH is 1. The van der Waals surface area contributed by atoms with E-state index in [1.807, 2.05) is 4.90 Å². The Kier molecular flexibility index (Phi) is 4.97. The summed E-state index contributed by atoms with van der Waals surface area (Å²) in [6.07, 6.45) is 0.906. The SMILES string of the molecule is C[C@@H](NC(=O)C(=O)O)c1cc(F)ccc1N1CCC(O)CC1. The van der Waals surface area contributed by atoms with Crippen molar-refractivity contribution in [1.82, 2.24) is 5.32 Å². The number of carbonyl (C=O) groups excluding carboxylic acids is 1. The number of anilines is 1. The molecule has 0 unspecified atom stereocenters. The zero-order valence-electron chi connectivity index (χ0n) is 12.3. The fourth-order valence-electron chi connectivity index (χ4n) is 2.60. The number of carbonyl (C=O) groups is 2. The fourth-order valence-corrected chi connectivity index (χ4v) is 2.60. The quantitative estimate of drug-likeness (QED) is 0.726. The first-order valence-corrected chi connectivity index (χ1v) is 7.14. The Balaban J connectivity index is 2.24. The van der Waals surface area contributed by atoms with E-state index >= 15 is 0 Å². The van der Waals surface area contributed by atoms with Crippen molar-refractivity contribution in [3.63, 3.8) is 0 Å². The molecule has 6 nitrogen and oxygen atoms in total. The minimum Gasteiger partial charge on any atom is -0.474 e. The third kappa shape index (κ3) is 3.73. The van der Waals surface area contributed by atoms with Crippen molar-refractivity contribution in [3.05, 3.63) is 29.6 Å². The zero-order valence-corrected chi connectivity index (χ0v) is 12.3. The van der Waals surface area contributed by atoms with Crippen molar-refractivity contribution in [2.45, 2.75) is 31.9 Å². The van der Waals surface area contributed by atoms with Crippen LogP contribution < -0.4 is 10.2 Å². The van der Waals surface area contributed by atoms with E-state index in [-0.39, 0.29) is 6.10 Å². The number of nitrogens with one attached hydrogen (secondary N) is 1. The van der Waals surface area contributed by atoms with Gasteiger partial charge in [0.2, 0.25) is 0 Å². The van der Waals surface area contributed by atoms with Crippen molar-refractivity contribution < 1.29 is 24.2 Å². The Bertz CT molecular complexity index is 571. The molecule has 0 bridgehead atoms. The molecule has 0 saturated carbocycles. The first-order valence-electron chi connectivity index (χ1n) is 7.14. The van der Waals surface area contributed by atoms with Gasteiger partial charge in [-0.05, 0) is 38.0 Å². The van der Waals surface area contributed by atoms with Gasteiger partial charge in [-0.3, -0.25) is 4.79 Å². The van der Waals surface area contributed by atoms with Crippen LogP contribution in [-0.2, 0) is 9.59 Å². The van der Waals surface area contributed by atoms with Gasteiger partial charge >= 0.3 is 11.9 Å². The van der Waals surface area contributed by atoms with Gasteiger partial charge in [-0.2, -0.15) is 0 Å². The molecule has 1 amide bonds. The van der Waals surface area contributed by atoms with Crippen LogP contribution in [0.2, 0.25) is 0 Å². The summed E-state index contributed by atoms with van der Waals surface area (Å²) in [5, 5.41) is 20.6. The van der Waals surface area contributed by atoms with Crippen LogP contribution in [-0.4, -0.2) is 41.3 Å². The molecule has 22 heavy (non-hydrogen) atoms. The third-order valence-electron chi connectivity index (χ3n) is 3.80. The fraction of sp³-hybridized carbons (Fsp3) is 0.467. The molecule has 0 spiro atoms. The average Bonchev–Trinajstić information content (AvgIpc) is 2.48. The molecule has 1 atom stereocenters. The number of halogens is 1. The van der Waals surface area contributed by atoms with E-state index in [9.17, 15) is 19.1 Å². The van der Waals surface area contributed by atoms with Crippen molar-refractivity contribution in [3.8, 4) is 0 Å². The van der Waals surface area contributed by atoms with Crippen molar-refractivity contribution in [2.24, 2.45) is 0 Å². The number of aliphatic carboxylic acids is 1. The van der Waals surface area contributed by atoms with E-state index < -0.39 is 23.7 Å². The Morgan fingerprint density at radius 2 is 2.00 bits per heavy atom. The Hall–Kier alpha value is -2.15. The number of carboxylic acids is 1. The van der Waals surface area contributed by atoms with Crippen LogP contribution in [0.1, 0.15) is 31.4 Å². The summed E-state index contributed by atoms with van der Waals surface area (Å²) >= 11 is 0. The number of hydrogen-bond donors (Lipinski definition) is 3. The van der Waals surface area contributed by atoms with Gasteiger partial charge in [0.1, 0.15) is 5.82 Å². The first-order chi connectivity index (χ1) is 10.4. The highest BCUT2D eigenvalue weighted by Crippen LogP contribution is 2.29. The summed E-state index contributed by atoms with van der Waals surface area (Å²) in [5.74, 6) is -3.16. The van der Waals surface area contributed by atoms with Crippen LogP contribution >= 0.6 is 0 Å². The molecule has 1 aliphatic heterocycles. The monoisotopic (exact) mass is 310 g/mol. The highest BCUT2D eigenvalue weighted by molar-refractivity contribution is 6.31. The second kappa shape index (κ2) is 6.74. The molecule has 1 saturated heterocycles. The van der Waals surface area contributed by atoms with Gasteiger partial charge in [0, 0.05) is 24.3 Å². The molecule has 2 rings (SSSR count). The summed E-state index contributed by atoms with van der Waals surface area (Å²) in [4.78, 5) is 23.9. The molecule has 120 valence electrons. The van der Waals surface area contributed by atoms with Gasteiger partial charge in [0.25, 0.3) is 0 Å². The number of piperidine rings is 1. The minimum atomic E-state index is -1.58. The third-order valence-corrected chi connectivity index (χ3v) is 3.80. The van der Waals surface area contributed by atoms with Crippen LogP contribution in [0.4, 0.5) is 10.1 Å². The van der Waals surface area contributed by atoms with Gasteiger partial charge in [-0.1, -0.05) is 0 Å². The van der Waals surface area contributed by atoms with E-state index in [0.29, 0.717) is 31.5 Å². The number of hydrogen-bond acceptors (Lipinski definition) is 4. The second-order valence-corrected chi connectivity index (χ2v) is 5.42. The maximum Gasteiger partial charge on any atom is 0.394 e. The lowest BCUT2D eigenvalue weighted by molar-refractivity contribution is -0.150. The number of amides is 1. The van der Waals surface area contributed by atoms with E-state index in [4.69, 9.17) is 5.11 Å². The Morgan fingerprint density at radius 3 is 2.59 bits per heavy atom. The molecule has 1 aromatic carbocycles. The largest absolute Gasteiger partial charge is 0.474 e. The average molecular weight is 310 g/mol. The standard InChI is InChI=1S/C15H19FN2O4/c1-9(17-14(20)15(21)22)12-8-10(16)2-3-13(12)18-6-4-11(19)5-7-18/h2-3,8-9,11,19H,4-7H2,1H3,(H,17,20)(H,21,22)/t9-/m1/s1. The normalized spacial score (nSPS) is 17.1. The number of benzene rings is 1. The lowest BCUT2D eigenvalue weighted by Crippen LogP contribution is -2.38. The lowest BCUT2D eigenvalue weighted by Gasteiger charge is -2.34. The second-order valence-electron chi connectivity index (χ2n) is 5.42. The zero-order chi connectivity index (χ0) is 16.3. The van der Waals surface area contributed by atoms with E-state index in [1.165, 1.54) is 12.1 Å². The molecule has 1 fully saturated rings. The Labute approximate surface area is 127 Å². The molecule has 0 aliphatic carbocycles. The van der Waals surface area contributed by atoms with Crippen LogP contribution in [0.5, 0.6) is 0 Å². The van der Waals surface area contributed by atoms with Gasteiger partial charge < -0.3 is 20.4 Å². The highest BCUT2D eigenvalue weighted by Gasteiger charge is 2.23. The predicted molar refractivity (Wildman–Crippen MR) is 78.0 cm³/mol. The van der Waals surface area contributed by atoms with E-state index in [2.05, 4.69) is 5.32 Å². The number of aliphatic hydroxyl groups is 1. The van der Waals surface area contributed by atoms with Crippen molar-refractivity contribution in [1.29, 1.82) is 0 Å². The molecule has 3 N–H and O–H groups in total. The molecule has 1 aliphatic rings. The molecular formula is C15H19FN2O4.